The van der Waals surface area contributed by atoms with E-state index in [1.165, 1.54) is 25.0 Å². The first-order valence-electron chi connectivity index (χ1n) is 10.2. The first-order valence-corrected chi connectivity index (χ1v) is 12.1. The van der Waals surface area contributed by atoms with Crippen LogP contribution in [0.1, 0.15) is 74.6 Å². The number of sulfonamides is 1. The summed E-state index contributed by atoms with van der Waals surface area (Å²) in [5.41, 5.74) is 0.0558. The molecule has 0 aliphatic heterocycles. The smallest absolute Gasteiger partial charge is 0.345 e. The summed E-state index contributed by atoms with van der Waals surface area (Å²) in [5, 5.41) is 8.43. The number of primary sulfonamides is 1. The van der Waals surface area contributed by atoms with Crippen molar-refractivity contribution in [3.05, 3.63) is 28.8 Å². The third kappa shape index (κ3) is 6.42. The van der Waals surface area contributed by atoms with Crippen LogP contribution in [0.5, 0.6) is 0 Å². The fourth-order valence-corrected chi connectivity index (χ4v) is 4.96. The highest BCUT2D eigenvalue weighted by Crippen LogP contribution is 2.23. The van der Waals surface area contributed by atoms with Crippen LogP contribution in [0.3, 0.4) is 0 Å². The van der Waals surface area contributed by atoms with Crippen molar-refractivity contribution in [3.63, 3.8) is 0 Å². The number of nitrogens with one attached hydrogen (secondary N) is 1. The topological polar surface area (TPSA) is 111 Å². The maximum atomic E-state index is 12.7. The number of hydrogen-bond acceptors (Lipinski definition) is 5. The summed E-state index contributed by atoms with van der Waals surface area (Å²) in [4.78, 5) is 17.1. The van der Waals surface area contributed by atoms with Gasteiger partial charge in [-0.1, -0.05) is 50.1 Å². The van der Waals surface area contributed by atoms with Crippen molar-refractivity contribution in [2.75, 3.05) is 0 Å². The zero-order valence-electron chi connectivity index (χ0n) is 16.4. The number of hydrogen-bond donors (Lipinski definition) is 2. The normalized spacial score (nSPS) is 19.7. The Morgan fingerprint density at radius 3 is 2.31 bits per heavy atom. The van der Waals surface area contributed by atoms with Gasteiger partial charge in [0.25, 0.3) is 6.02 Å². The van der Waals surface area contributed by atoms with E-state index in [0.29, 0.717) is 0 Å². The molecule has 29 heavy (non-hydrogen) atoms. The van der Waals surface area contributed by atoms with E-state index in [4.69, 9.17) is 21.5 Å². The number of esters is 1. The lowest BCUT2D eigenvalue weighted by Gasteiger charge is -2.25. The maximum Gasteiger partial charge on any atom is 0.345 e. The molecule has 0 amide bonds. The third-order valence-corrected chi connectivity index (χ3v) is 6.86. The fraction of sp³-hybridized carbons (Fsp3) is 0.600. The Balaban J connectivity index is 1.78. The molecule has 0 atom stereocenters. The van der Waals surface area contributed by atoms with Gasteiger partial charge in [-0.25, -0.2) is 23.3 Å². The summed E-state index contributed by atoms with van der Waals surface area (Å²) in [7, 11) is -4.05. The zero-order chi connectivity index (χ0) is 20.9. The average molecular weight is 442 g/mol. The molecule has 3 N–H and O–H groups in total. The molecule has 0 saturated heterocycles. The molecule has 2 aliphatic carbocycles. The molecule has 1 aromatic carbocycles. The Kier molecular flexibility index (Phi) is 7.54. The lowest BCUT2D eigenvalue weighted by Crippen LogP contribution is -2.39. The summed E-state index contributed by atoms with van der Waals surface area (Å²) in [5.74, 6) is -0.690. The molecule has 2 saturated carbocycles. The van der Waals surface area contributed by atoms with E-state index in [0.717, 1.165) is 57.4 Å². The standard InChI is InChI=1S/C20H28ClN3O4S/c21-17-12-11-14(13-18(17)29(22,26)27)19(25)28-20(23-15-7-3-1-4-8-15)24-16-9-5-2-6-10-16/h11-13,15-16H,1-10H2,(H,23,24)(H2,22,26,27). The Hall–Kier alpha value is -1.64. The van der Waals surface area contributed by atoms with Crippen molar-refractivity contribution in [3.8, 4) is 0 Å². The quantitative estimate of drug-likeness (QED) is 0.420. The number of rotatable bonds is 4. The lowest BCUT2D eigenvalue weighted by atomic mass is 9.95. The largest absolute Gasteiger partial charge is 0.389 e. The molecule has 0 spiro atoms. The van der Waals surface area contributed by atoms with Gasteiger partial charge >= 0.3 is 5.97 Å². The van der Waals surface area contributed by atoms with Crippen LogP contribution in [-0.2, 0) is 14.8 Å². The second-order valence-electron chi connectivity index (χ2n) is 7.79. The summed E-state index contributed by atoms with van der Waals surface area (Å²) in [6.07, 6.45) is 10.9. The van der Waals surface area contributed by atoms with E-state index in [9.17, 15) is 13.2 Å². The molecular formula is C20H28ClN3O4S. The first-order chi connectivity index (χ1) is 13.8. The van der Waals surface area contributed by atoms with E-state index >= 15 is 0 Å². The second-order valence-corrected chi connectivity index (χ2v) is 9.72. The molecule has 1 aromatic rings. The molecule has 0 aromatic heterocycles. The molecule has 160 valence electrons. The Morgan fingerprint density at radius 1 is 1.07 bits per heavy atom. The van der Waals surface area contributed by atoms with Crippen LogP contribution >= 0.6 is 11.6 Å². The van der Waals surface area contributed by atoms with Crippen LogP contribution in [0.4, 0.5) is 0 Å². The van der Waals surface area contributed by atoms with E-state index in [-0.39, 0.29) is 33.6 Å². The lowest BCUT2D eigenvalue weighted by molar-refractivity contribution is 0.0703. The van der Waals surface area contributed by atoms with Gasteiger partial charge in [-0.3, -0.25) is 0 Å². The van der Waals surface area contributed by atoms with Crippen LogP contribution in [0, 0.1) is 0 Å². The summed E-state index contributed by atoms with van der Waals surface area (Å²) in [6, 6.07) is 4.46. The molecule has 2 aliphatic rings. The number of benzene rings is 1. The first kappa shape index (κ1) is 22.1. The molecule has 0 unspecified atom stereocenters. The SMILES string of the molecule is NS(=O)(=O)c1cc(C(=O)OC(=NC2CCCCC2)NC2CCCCC2)ccc1Cl. The predicted molar refractivity (Wildman–Crippen MR) is 113 cm³/mol. The van der Waals surface area contributed by atoms with Crippen molar-refractivity contribution in [1.29, 1.82) is 0 Å². The number of nitrogens with zero attached hydrogens (tertiary/aromatic N) is 1. The van der Waals surface area contributed by atoms with Crippen molar-refractivity contribution in [2.24, 2.45) is 10.1 Å². The summed E-state index contributed by atoms with van der Waals surface area (Å²) >= 11 is 5.90. The Labute approximate surface area is 177 Å². The van der Waals surface area contributed by atoms with E-state index in [1.54, 1.807) is 0 Å². The molecule has 9 heteroatoms. The molecule has 3 rings (SSSR count). The predicted octanol–water partition coefficient (Wildman–Crippen LogP) is 3.76. The van der Waals surface area contributed by atoms with Gasteiger partial charge in [0.2, 0.25) is 10.0 Å². The van der Waals surface area contributed by atoms with Crippen LogP contribution in [0.15, 0.2) is 28.1 Å². The molecule has 0 heterocycles. The number of halogens is 1. The molecular weight excluding hydrogens is 414 g/mol. The fourth-order valence-electron chi connectivity index (χ4n) is 3.89. The number of aliphatic imine (C=N–C) groups is 1. The van der Waals surface area contributed by atoms with Crippen molar-refractivity contribution >= 4 is 33.6 Å². The van der Waals surface area contributed by atoms with E-state index < -0.39 is 16.0 Å². The zero-order valence-corrected chi connectivity index (χ0v) is 18.0. The monoisotopic (exact) mass is 441 g/mol. The van der Waals surface area contributed by atoms with Gasteiger partial charge in [-0.05, 0) is 43.9 Å². The van der Waals surface area contributed by atoms with Crippen molar-refractivity contribution in [2.45, 2.75) is 81.2 Å². The number of ether oxygens (including phenoxy) is 1. The third-order valence-electron chi connectivity index (χ3n) is 5.47. The van der Waals surface area contributed by atoms with Gasteiger partial charge in [0.1, 0.15) is 4.90 Å². The molecule has 2 fully saturated rings. The van der Waals surface area contributed by atoms with Gasteiger partial charge in [0, 0.05) is 6.04 Å². The van der Waals surface area contributed by atoms with Crippen LogP contribution in [0.2, 0.25) is 5.02 Å². The minimum Gasteiger partial charge on any atom is -0.389 e. The Morgan fingerprint density at radius 2 is 1.69 bits per heavy atom. The highest BCUT2D eigenvalue weighted by Gasteiger charge is 2.22. The number of nitrogens with two attached hydrogens (primary N) is 1. The van der Waals surface area contributed by atoms with Gasteiger partial charge in [0.15, 0.2) is 0 Å². The summed E-state index contributed by atoms with van der Waals surface area (Å²) < 4.78 is 28.9. The highest BCUT2D eigenvalue weighted by atomic mass is 35.5. The van der Waals surface area contributed by atoms with Crippen molar-refractivity contribution < 1.29 is 17.9 Å². The highest BCUT2D eigenvalue weighted by molar-refractivity contribution is 7.89. The minimum absolute atomic E-state index is 0.0412. The van der Waals surface area contributed by atoms with Gasteiger partial charge in [0.05, 0.1) is 16.6 Å². The van der Waals surface area contributed by atoms with Gasteiger partial charge in [-0.2, -0.15) is 0 Å². The number of amidine groups is 1. The van der Waals surface area contributed by atoms with E-state index in [1.807, 2.05) is 0 Å². The second kappa shape index (κ2) is 9.91. The number of carbonyl (C=O) groups excluding carboxylic acids is 1. The minimum atomic E-state index is -4.05. The molecule has 0 bridgehead atoms. The molecule has 7 nitrogen and oxygen atoms in total. The maximum absolute atomic E-state index is 12.7. The van der Waals surface area contributed by atoms with Gasteiger partial charge in [-0.15, -0.1) is 0 Å². The molecule has 0 radical (unpaired) electrons. The van der Waals surface area contributed by atoms with Gasteiger partial charge < -0.3 is 10.1 Å². The van der Waals surface area contributed by atoms with Crippen LogP contribution < -0.4 is 10.5 Å². The van der Waals surface area contributed by atoms with Crippen LogP contribution in [0.25, 0.3) is 0 Å². The summed E-state index contributed by atoms with van der Waals surface area (Å²) in [6.45, 7) is 0. The Bertz CT molecular complexity index is 860. The average Bonchev–Trinajstić information content (AvgIpc) is 2.69. The number of carbonyl (C=O) groups is 1. The van der Waals surface area contributed by atoms with Crippen molar-refractivity contribution in [1.82, 2.24) is 5.32 Å². The van der Waals surface area contributed by atoms with Crippen LogP contribution in [-0.4, -0.2) is 32.5 Å². The van der Waals surface area contributed by atoms with E-state index in [2.05, 4.69) is 10.3 Å².